The van der Waals surface area contributed by atoms with Crippen LogP contribution in [-0.2, 0) is 17.9 Å². The highest BCUT2D eigenvalue weighted by Crippen LogP contribution is 2.14. The first-order valence-corrected chi connectivity index (χ1v) is 8.26. The van der Waals surface area contributed by atoms with Crippen molar-refractivity contribution in [1.29, 1.82) is 0 Å². The molecule has 1 N–H and O–H groups in total. The monoisotopic (exact) mass is 349 g/mol. The Morgan fingerprint density at radius 1 is 1.12 bits per heavy atom. The molecule has 0 fully saturated rings. The lowest BCUT2D eigenvalue weighted by atomic mass is 10.2. The minimum absolute atomic E-state index is 0.294. The van der Waals surface area contributed by atoms with E-state index < -0.39 is 6.10 Å². The SMILES string of the molecule is COc1cccc(COCC(O)CN(C)Cc2ccc(Cl)cc2)c1. The maximum Gasteiger partial charge on any atom is 0.119 e. The first-order valence-electron chi connectivity index (χ1n) is 7.88. The van der Waals surface area contributed by atoms with Gasteiger partial charge in [0.15, 0.2) is 0 Å². The van der Waals surface area contributed by atoms with Crippen LogP contribution < -0.4 is 4.74 Å². The van der Waals surface area contributed by atoms with E-state index >= 15 is 0 Å². The van der Waals surface area contributed by atoms with E-state index in [4.69, 9.17) is 21.1 Å². The summed E-state index contributed by atoms with van der Waals surface area (Å²) in [6.45, 7) is 2.04. The highest BCUT2D eigenvalue weighted by Gasteiger charge is 2.09. The predicted molar refractivity (Wildman–Crippen MR) is 96.4 cm³/mol. The molecule has 2 aromatic rings. The van der Waals surface area contributed by atoms with E-state index in [1.165, 1.54) is 0 Å². The van der Waals surface area contributed by atoms with E-state index in [1.54, 1.807) is 7.11 Å². The number of hydrogen-bond donors (Lipinski definition) is 1. The summed E-state index contributed by atoms with van der Waals surface area (Å²) in [4.78, 5) is 2.06. The van der Waals surface area contributed by atoms with Crippen molar-refractivity contribution in [1.82, 2.24) is 4.90 Å². The molecule has 2 aromatic carbocycles. The van der Waals surface area contributed by atoms with E-state index in [2.05, 4.69) is 4.90 Å². The van der Waals surface area contributed by atoms with Gasteiger partial charge in [-0.3, -0.25) is 4.90 Å². The van der Waals surface area contributed by atoms with E-state index in [0.717, 1.165) is 28.4 Å². The molecule has 1 unspecified atom stereocenters. The van der Waals surface area contributed by atoms with Gasteiger partial charge in [0.2, 0.25) is 0 Å². The number of nitrogens with zero attached hydrogens (tertiary/aromatic N) is 1. The summed E-state index contributed by atoms with van der Waals surface area (Å²) >= 11 is 5.88. The Hall–Kier alpha value is -1.59. The van der Waals surface area contributed by atoms with Crippen LogP contribution in [0.25, 0.3) is 0 Å². The second-order valence-corrected chi connectivity index (χ2v) is 6.28. The van der Waals surface area contributed by atoms with Crippen LogP contribution in [0.5, 0.6) is 5.75 Å². The first kappa shape index (κ1) is 18.7. The van der Waals surface area contributed by atoms with Crippen molar-refractivity contribution in [3.05, 3.63) is 64.7 Å². The Balaban J connectivity index is 1.70. The minimum Gasteiger partial charge on any atom is -0.497 e. The summed E-state index contributed by atoms with van der Waals surface area (Å²) in [5.74, 6) is 0.805. The summed E-state index contributed by atoms with van der Waals surface area (Å²) in [6.07, 6.45) is -0.534. The van der Waals surface area contributed by atoms with Gasteiger partial charge in [0.25, 0.3) is 0 Å². The Kier molecular flexibility index (Phi) is 7.53. The Morgan fingerprint density at radius 3 is 2.58 bits per heavy atom. The molecule has 0 aliphatic rings. The van der Waals surface area contributed by atoms with Crippen molar-refractivity contribution in [3.8, 4) is 5.75 Å². The molecule has 0 bridgehead atoms. The van der Waals surface area contributed by atoms with Gasteiger partial charge in [0, 0.05) is 18.1 Å². The van der Waals surface area contributed by atoms with Crippen molar-refractivity contribution in [2.24, 2.45) is 0 Å². The van der Waals surface area contributed by atoms with Gasteiger partial charge in [-0.15, -0.1) is 0 Å². The minimum atomic E-state index is -0.534. The third-order valence-corrected chi connectivity index (χ3v) is 3.85. The highest BCUT2D eigenvalue weighted by molar-refractivity contribution is 6.30. The normalized spacial score (nSPS) is 12.4. The number of halogens is 1. The molecule has 2 rings (SSSR count). The summed E-state index contributed by atoms with van der Waals surface area (Å²) < 4.78 is 10.8. The quantitative estimate of drug-likeness (QED) is 0.753. The van der Waals surface area contributed by atoms with Gasteiger partial charge < -0.3 is 14.6 Å². The molecule has 0 saturated carbocycles. The van der Waals surface area contributed by atoms with Crippen molar-refractivity contribution >= 4 is 11.6 Å². The third kappa shape index (κ3) is 6.49. The number of aliphatic hydroxyl groups is 1. The number of methoxy groups -OCH3 is 1. The number of rotatable bonds is 9. The van der Waals surface area contributed by atoms with E-state index in [9.17, 15) is 5.11 Å². The molecule has 0 aromatic heterocycles. The van der Waals surface area contributed by atoms with Gasteiger partial charge in [-0.1, -0.05) is 35.9 Å². The summed E-state index contributed by atoms with van der Waals surface area (Å²) in [5, 5.41) is 10.8. The van der Waals surface area contributed by atoms with Gasteiger partial charge in [-0.2, -0.15) is 0 Å². The van der Waals surface area contributed by atoms with Crippen LogP contribution in [0.15, 0.2) is 48.5 Å². The Morgan fingerprint density at radius 2 is 1.88 bits per heavy atom. The van der Waals surface area contributed by atoms with Crippen molar-refractivity contribution in [3.63, 3.8) is 0 Å². The van der Waals surface area contributed by atoms with Gasteiger partial charge in [-0.05, 0) is 42.4 Å². The maximum absolute atomic E-state index is 10.1. The second kappa shape index (κ2) is 9.64. The first-order chi connectivity index (χ1) is 11.6. The fourth-order valence-corrected chi connectivity index (χ4v) is 2.58. The zero-order valence-corrected chi connectivity index (χ0v) is 14.9. The van der Waals surface area contributed by atoms with Crippen LogP contribution in [-0.4, -0.2) is 43.4 Å². The number of aliphatic hydroxyl groups excluding tert-OH is 1. The summed E-state index contributed by atoms with van der Waals surface area (Å²) in [7, 11) is 3.61. The molecule has 0 heterocycles. The third-order valence-electron chi connectivity index (χ3n) is 3.60. The average molecular weight is 350 g/mol. The Bertz CT molecular complexity index is 618. The lowest BCUT2D eigenvalue weighted by Gasteiger charge is -2.20. The van der Waals surface area contributed by atoms with Crippen molar-refractivity contribution in [2.75, 3.05) is 27.3 Å². The standard InChI is InChI=1S/C19H24ClNO3/c1-21(11-15-6-8-17(20)9-7-15)12-18(22)14-24-13-16-4-3-5-19(10-16)23-2/h3-10,18,22H,11-14H2,1-2H3. The summed E-state index contributed by atoms with van der Waals surface area (Å²) in [6, 6.07) is 15.4. The molecule has 4 nitrogen and oxygen atoms in total. The van der Waals surface area contributed by atoms with Crippen LogP contribution >= 0.6 is 11.6 Å². The predicted octanol–water partition coefficient (Wildman–Crippen LogP) is 3.36. The van der Waals surface area contributed by atoms with E-state index in [1.807, 2.05) is 55.6 Å². The van der Waals surface area contributed by atoms with Crippen LogP contribution in [0.1, 0.15) is 11.1 Å². The highest BCUT2D eigenvalue weighted by atomic mass is 35.5. The van der Waals surface area contributed by atoms with Crippen LogP contribution in [0.3, 0.4) is 0 Å². The van der Waals surface area contributed by atoms with Gasteiger partial charge in [0.1, 0.15) is 5.75 Å². The number of hydrogen-bond acceptors (Lipinski definition) is 4. The lowest BCUT2D eigenvalue weighted by molar-refractivity contribution is 0.0127. The van der Waals surface area contributed by atoms with E-state index in [0.29, 0.717) is 19.8 Å². The lowest BCUT2D eigenvalue weighted by Crippen LogP contribution is -2.31. The van der Waals surface area contributed by atoms with Gasteiger partial charge >= 0.3 is 0 Å². The fourth-order valence-electron chi connectivity index (χ4n) is 2.45. The van der Waals surface area contributed by atoms with Crippen molar-refractivity contribution in [2.45, 2.75) is 19.3 Å². The zero-order valence-electron chi connectivity index (χ0n) is 14.1. The fraction of sp³-hybridized carbons (Fsp3) is 0.368. The van der Waals surface area contributed by atoms with Crippen molar-refractivity contribution < 1.29 is 14.6 Å². The average Bonchev–Trinajstić information content (AvgIpc) is 2.57. The number of likely N-dealkylation sites (N-methyl/N-ethyl adjacent to an activating group) is 1. The molecule has 1 atom stereocenters. The largest absolute Gasteiger partial charge is 0.497 e. The van der Waals surface area contributed by atoms with Gasteiger partial charge in [0.05, 0.1) is 26.4 Å². The number of ether oxygens (including phenoxy) is 2. The molecule has 0 amide bonds. The molecule has 24 heavy (non-hydrogen) atoms. The molecular weight excluding hydrogens is 326 g/mol. The molecule has 0 radical (unpaired) electrons. The summed E-state index contributed by atoms with van der Waals surface area (Å²) in [5.41, 5.74) is 2.18. The van der Waals surface area contributed by atoms with E-state index in [-0.39, 0.29) is 0 Å². The Labute approximate surface area is 148 Å². The van der Waals surface area contributed by atoms with Gasteiger partial charge in [-0.25, -0.2) is 0 Å². The molecule has 130 valence electrons. The topological polar surface area (TPSA) is 41.9 Å². The van der Waals surface area contributed by atoms with Crippen LogP contribution in [0.4, 0.5) is 0 Å². The molecule has 0 aliphatic carbocycles. The maximum atomic E-state index is 10.1. The zero-order chi connectivity index (χ0) is 17.4. The molecule has 0 aliphatic heterocycles. The smallest absolute Gasteiger partial charge is 0.119 e. The van der Waals surface area contributed by atoms with Crippen LogP contribution in [0.2, 0.25) is 5.02 Å². The second-order valence-electron chi connectivity index (χ2n) is 5.84. The number of benzene rings is 2. The molecule has 0 spiro atoms. The molecule has 0 saturated heterocycles. The van der Waals surface area contributed by atoms with Crippen LogP contribution in [0, 0.1) is 0 Å². The molecule has 5 heteroatoms. The molecular formula is C19H24ClNO3.